The molecule has 2 aliphatic rings. The fraction of sp³-hybridized carbons (Fsp3) is 1.00. The van der Waals surface area contributed by atoms with E-state index < -0.39 is 0 Å². The van der Waals surface area contributed by atoms with Crippen molar-refractivity contribution in [2.45, 2.75) is 64.6 Å². The third kappa shape index (κ3) is 2.21. The van der Waals surface area contributed by atoms with E-state index >= 15 is 0 Å². The van der Waals surface area contributed by atoms with E-state index in [1.807, 2.05) is 0 Å². The summed E-state index contributed by atoms with van der Waals surface area (Å²) in [5, 5.41) is 19.2. The topological polar surface area (TPSA) is 40.5 Å². The summed E-state index contributed by atoms with van der Waals surface area (Å²) in [6.45, 7) is 4.66. The quantitative estimate of drug-likeness (QED) is 0.737. The van der Waals surface area contributed by atoms with Crippen molar-refractivity contribution in [1.29, 1.82) is 0 Å². The van der Waals surface area contributed by atoms with Gasteiger partial charge in [-0.05, 0) is 55.8 Å². The van der Waals surface area contributed by atoms with Gasteiger partial charge in [-0.25, -0.2) is 0 Å². The molecule has 0 heterocycles. The monoisotopic (exact) mass is 212 g/mol. The smallest absolute Gasteiger partial charge is 0.0543 e. The summed E-state index contributed by atoms with van der Waals surface area (Å²) < 4.78 is 0. The van der Waals surface area contributed by atoms with Gasteiger partial charge in [-0.1, -0.05) is 13.8 Å². The first-order valence-electron chi connectivity index (χ1n) is 6.36. The lowest BCUT2D eigenvalue weighted by Gasteiger charge is -2.37. The minimum absolute atomic E-state index is 0.0689. The van der Waals surface area contributed by atoms with Crippen LogP contribution in [0.25, 0.3) is 0 Å². The third-order valence-corrected chi connectivity index (χ3v) is 4.91. The lowest BCUT2D eigenvalue weighted by atomic mass is 9.68. The Morgan fingerprint density at radius 1 is 0.800 bits per heavy atom. The zero-order valence-electron chi connectivity index (χ0n) is 9.95. The minimum Gasteiger partial charge on any atom is -0.393 e. The zero-order valence-corrected chi connectivity index (χ0v) is 9.95. The van der Waals surface area contributed by atoms with Gasteiger partial charge in [-0.2, -0.15) is 0 Å². The minimum atomic E-state index is -0.0689. The Labute approximate surface area is 92.7 Å². The van der Waals surface area contributed by atoms with E-state index in [4.69, 9.17) is 0 Å². The first-order valence-corrected chi connectivity index (χ1v) is 6.36. The molecule has 2 N–H and O–H groups in total. The van der Waals surface area contributed by atoms with Crippen LogP contribution in [0.15, 0.2) is 0 Å². The Bertz CT molecular complexity index is 203. The van der Waals surface area contributed by atoms with Crippen molar-refractivity contribution in [3.05, 3.63) is 0 Å². The normalized spacial score (nSPS) is 42.4. The van der Waals surface area contributed by atoms with Crippen LogP contribution in [0.4, 0.5) is 0 Å². The Hall–Kier alpha value is -0.0800. The SMILES string of the molecule is CC(C)(C1CCC(O)C1)C1CCC(O)C1. The van der Waals surface area contributed by atoms with Gasteiger partial charge in [0.05, 0.1) is 12.2 Å². The van der Waals surface area contributed by atoms with Crippen LogP contribution in [0.2, 0.25) is 0 Å². The largest absolute Gasteiger partial charge is 0.393 e. The summed E-state index contributed by atoms with van der Waals surface area (Å²) >= 11 is 0. The molecule has 0 aromatic carbocycles. The highest BCUT2D eigenvalue weighted by atomic mass is 16.3. The molecule has 15 heavy (non-hydrogen) atoms. The zero-order chi connectivity index (χ0) is 11.1. The van der Waals surface area contributed by atoms with Crippen LogP contribution in [-0.2, 0) is 0 Å². The molecule has 0 aromatic heterocycles. The van der Waals surface area contributed by atoms with Gasteiger partial charge in [0.1, 0.15) is 0 Å². The van der Waals surface area contributed by atoms with Crippen LogP contribution in [-0.4, -0.2) is 22.4 Å². The molecule has 4 atom stereocenters. The lowest BCUT2D eigenvalue weighted by Crippen LogP contribution is -2.30. The average molecular weight is 212 g/mol. The Balaban J connectivity index is 1.99. The van der Waals surface area contributed by atoms with Gasteiger partial charge in [0.15, 0.2) is 0 Å². The van der Waals surface area contributed by atoms with E-state index in [1.54, 1.807) is 0 Å². The van der Waals surface area contributed by atoms with Crippen molar-refractivity contribution in [1.82, 2.24) is 0 Å². The molecule has 2 fully saturated rings. The molecule has 2 aliphatic carbocycles. The fourth-order valence-corrected chi connectivity index (χ4v) is 3.60. The summed E-state index contributed by atoms with van der Waals surface area (Å²) in [5.74, 6) is 1.31. The second kappa shape index (κ2) is 4.06. The maximum absolute atomic E-state index is 9.61. The summed E-state index contributed by atoms with van der Waals surface area (Å²) in [5.41, 5.74) is 0.301. The van der Waals surface area contributed by atoms with Crippen LogP contribution >= 0.6 is 0 Å². The summed E-state index contributed by atoms with van der Waals surface area (Å²) in [7, 11) is 0. The Morgan fingerprint density at radius 3 is 1.47 bits per heavy atom. The van der Waals surface area contributed by atoms with Crippen molar-refractivity contribution in [2.24, 2.45) is 17.3 Å². The van der Waals surface area contributed by atoms with Crippen LogP contribution in [0.3, 0.4) is 0 Å². The third-order valence-electron chi connectivity index (χ3n) is 4.91. The molecular formula is C13H24O2. The van der Waals surface area contributed by atoms with Gasteiger partial charge < -0.3 is 10.2 Å². The lowest BCUT2D eigenvalue weighted by molar-refractivity contribution is 0.0883. The van der Waals surface area contributed by atoms with Crippen molar-refractivity contribution in [3.63, 3.8) is 0 Å². The molecular weight excluding hydrogens is 188 g/mol. The predicted octanol–water partition coefficient (Wildman–Crippen LogP) is 2.33. The van der Waals surface area contributed by atoms with Crippen LogP contribution in [0.5, 0.6) is 0 Å². The van der Waals surface area contributed by atoms with E-state index in [2.05, 4.69) is 13.8 Å². The van der Waals surface area contributed by atoms with Crippen LogP contribution in [0, 0.1) is 17.3 Å². The average Bonchev–Trinajstić information content (AvgIpc) is 2.74. The molecule has 2 heteroatoms. The highest BCUT2D eigenvalue weighted by Crippen LogP contribution is 2.49. The molecule has 0 spiro atoms. The van der Waals surface area contributed by atoms with Gasteiger partial charge in [0, 0.05) is 0 Å². The molecule has 0 amide bonds. The van der Waals surface area contributed by atoms with E-state index in [9.17, 15) is 10.2 Å². The molecule has 4 unspecified atom stereocenters. The van der Waals surface area contributed by atoms with E-state index in [0.29, 0.717) is 17.3 Å². The van der Waals surface area contributed by atoms with Crippen molar-refractivity contribution in [2.75, 3.05) is 0 Å². The molecule has 0 aliphatic heterocycles. The highest BCUT2D eigenvalue weighted by Gasteiger charge is 2.43. The Morgan fingerprint density at radius 2 is 1.20 bits per heavy atom. The standard InChI is InChI=1S/C13H24O2/c1-13(2,9-3-5-11(14)7-9)10-4-6-12(15)8-10/h9-12,14-15H,3-8H2,1-2H3. The van der Waals surface area contributed by atoms with Gasteiger partial charge >= 0.3 is 0 Å². The van der Waals surface area contributed by atoms with Crippen molar-refractivity contribution >= 4 is 0 Å². The van der Waals surface area contributed by atoms with E-state index in [0.717, 1.165) is 25.7 Å². The van der Waals surface area contributed by atoms with Crippen molar-refractivity contribution < 1.29 is 10.2 Å². The summed E-state index contributed by atoms with van der Waals surface area (Å²) in [4.78, 5) is 0. The van der Waals surface area contributed by atoms with Gasteiger partial charge in [-0.3, -0.25) is 0 Å². The van der Waals surface area contributed by atoms with E-state index in [1.165, 1.54) is 12.8 Å². The maximum Gasteiger partial charge on any atom is 0.0543 e. The fourth-order valence-electron chi connectivity index (χ4n) is 3.60. The van der Waals surface area contributed by atoms with Crippen molar-refractivity contribution in [3.8, 4) is 0 Å². The highest BCUT2D eigenvalue weighted by molar-refractivity contribution is 4.93. The number of rotatable bonds is 2. The molecule has 2 saturated carbocycles. The second-order valence-corrected chi connectivity index (χ2v) is 6.15. The molecule has 88 valence electrons. The number of aliphatic hydroxyl groups excluding tert-OH is 2. The number of hydrogen-bond donors (Lipinski definition) is 2. The molecule has 0 bridgehead atoms. The molecule has 2 rings (SSSR count). The van der Waals surface area contributed by atoms with Crippen LogP contribution in [0.1, 0.15) is 52.4 Å². The maximum atomic E-state index is 9.61. The second-order valence-electron chi connectivity index (χ2n) is 6.15. The number of aliphatic hydroxyl groups is 2. The molecule has 2 nitrogen and oxygen atoms in total. The molecule has 0 radical (unpaired) electrons. The summed E-state index contributed by atoms with van der Waals surface area (Å²) in [6.07, 6.45) is 6.09. The van der Waals surface area contributed by atoms with E-state index in [-0.39, 0.29) is 12.2 Å². The molecule has 0 saturated heterocycles. The first-order chi connectivity index (χ1) is 7.00. The first kappa shape index (κ1) is 11.4. The molecule has 0 aromatic rings. The summed E-state index contributed by atoms with van der Waals surface area (Å²) in [6, 6.07) is 0. The van der Waals surface area contributed by atoms with Gasteiger partial charge in [-0.15, -0.1) is 0 Å². The van der Waals surface area contributed by atoms with Gasteiger partial charge in [0.25, 0.3) is 0 Å². The van der Waals surface area contributed by atoms with Gasteiger partial charge in [0.2, 0.25) is 0 Å². The number of hydrogen-bond acceptors (Lipinski definition) is 2. The van der Waals surface area contributed by atoms with Crippen LogP contribution < -0.4 is 0 Å². The Kier molecular flexibility index (Phi) is 3.09. The predicted molar refractivity (Wildman–Crippen MR) is 60.5 cm³/mol.